The molecule has 0 amide bonds. The van der Waals surface area contributed by atoms with Crippen molar-refractivity contribution in [3.63, 3.8) is 0 Å². The third-order valence-corrected chi connectivity index (χ3v) is 12.9. The molecule has 0 saturated heterocycles. The summed E-state index contributed by atoms with van der Waals surface area (Å²) in [6, 6.07) is 0. The Morgan fingerprint density at radius 1 is 0.296 bits per heavy atom. The summed E-state index contributed by atoms with van der Waals surface area (Å²) >= 11 is 0. The second kappa shape index (κ2) is 59.2. The van der Waals surface area contributed by atoms with E-state index in [0.29, 0.717) is 19.3 Å². The first-order valence-corrected chi connectivity index (χ1v) is 30.1. The van der Waals surface area contributed by atoms with Crippen molar-refractivity contribution in [3.8, 4) is 0 Å². The van der Waals surface area contributed by atoms with Gasteiger partial charge in [-0.2, -0.15) is 0 Å². The van der Waals surface area contributed by atoms with Crippen LogP contribution in [0.3, 0.4) is 0 Å². The van der Waals surface area contributed by atoms with Gasteiger partial charge in [0.2, 0.25) is 0 Å². The molecule has 6 heteroatoms. The zero-order chi connectivity index (χ0) is 51.4. The molecule has 71 heavy (non-hydrogen) atoms. The quantitative estimate of drug-likeness (QED) is 0.0261. The van der Waals surface area contributed by atoms with Gasteiger partial charge in [0, 0.05) is 19.3 Å². The van der Waals surface area contributed by atoms with Crippen molar-refractivity contribution in [3.05, 3.63) is 85.1 Å². The minimum absolute atomic E-state index is 0.105. The standard InChI is InChI=1S/C65H112O6/c1-4-7-10-13-16-19-22-24-26-28-30-31-32-33-35-36-38-40-43-46-49-52-55-58-64(67)70-61-62(60-69-63(66)57-54-51-48-45-42-21-18-15-12-9-6-3)71-65(68)59-56-53-50-47-44-41-39-37-34-29-27-25-23-20-17-14-11-8-5-2/h8,11,17,20,25,27-28,30,34,37,41,44,50,53,62H,4-7,9-10,12-16,18-19,21-24,26,29,31-33,35-36,38-40,42-43,45-49,51-52,54-61H2,1-3H3/b11-8-,20-17-,27-25-,30-28-,37-34-,44-41-,53-50-. The molecule has 0 fully saturated rings. The molecule has 1 atom stereocenters. The van der Waals surface area contributed by atoms with Crippen molar-refractivity contribution in [2.24, 2.45) is 0 Å². The molecule has 0 aliphatic rings. The minimum atomic E-state index is -0.816. The fourth-order valence-corrected chi connectivity index (χ4v) is 8.41. The molecule has 408 valence electrons. The second-order valence-electron chi connectivity index (χ2n) is 19.9. The largest absolute Gasteiger partial charge is 0.462 e. The van der Waals surface area contributed by atoms with Crippen LogP contribution in [0.4, 0.5) is 0 Å². The monoisotopic (exact) mass is 989 g/mol. The summed E-state index contributed by atoms with van der Waals surface area (Å²) < 4.78 is 16.8. The van der Waals surface area contributed by atoms with Crippen LogP contribution in [0.25, 0.3) is 0 Å². The maximum absolute atomic E-state index is 12.8. The summed E-state index contributed by atoms with van der Waals surface area (Å²) in [5.74, 6) is -0.983. The Balaban J connectivity index is 4.38. The summed E-state index contributed by atoms with van der Waals surface area (Å²) in [4.78, 5) is 38.1. The van der Waals surface area contributed by atoms with E-state index in [1.165, 1.54) is 167 Å². The molecular weight excluding hydrogens is 877 g/mol. The van der Waals surface area contributed by atoms with Crippen LogP contribution in [0.15, 0.2) is 85.1 Å². The first-order chi connectivity index (χ1) is 35.0. The van der Waals surface area contributed by atoms with Crippen LogP contribution in [0.1, 0.15) is 290 Å². The van der Waals surface area contributed by atoms with Crippen molar-refractivity contribution in [2.45, 2.75) is 297 Å². The first kappa shape index (κ1) is 67.6. The first-order valence-electron chi connectivity index (χ1n) is 30.1. The lowest BCUT2D eigenvalue weighted by Gasteiger charge is -2.18. The molecule has 0 aromatic heterocycles. The number of allylic oxidation sites excluding steroid dienone is 14. The summed E-state index contributed by atoms with van der Waals surface area (Å²) in [5.41, 5.74) is 0. The fraction of sp³-hybridized carbons (Fsp3) is 0.738. The molecule has 0 heterocycles. The lowest BCUT2D eigenvalue weighted by Crippen LogP contribution is -2.30. The SMILES string of the molecule is CC/C=C\C/C=C\C/C=C\C/C=C\C/C=C\C/C=C\CCC(=O)OC(COC(=O)CCCCCCCCCCCCC)COC(=O)CCCCCCCCCCCCC/C=C\CCCCCCCCCC. The highest BCUT2D eigenvalue weighted by Gasteiger charge is 2.19. The molecule has 0 spiro atoms. The van der Waals surface area contributed by atoms with Gasteiger partial charge >= 0.3 is 17.9 Å². The second-order valence-corrected chi connectivity index (χ2v) is 19.9. The number of hydrogen-bond donors (Lipinski definition) is 0. The van der Waals surface area contributed by atoms with Crippen molar-refractivity contribution < 1.29 is 28.6 Å². The Hall–Kier alpha value is -3.41. The molecule has 0 radical (unpaired) electrons. The van der Waals surface area contributed by atoms with E-state index in [4.69, 9.17) is 14.2 Å². The number of carbonyl (C=O) groups is 3. The normalized spacial score (nSPS) is 12.7. The highest BCUT2D eigenvalue weighted by molar-refractivity contribution is 5.71. The van der Waals surface area contributed by atoms with Gasteiger partial charge in [0.1, 0.15) is 13.2 Å². The van der Waals surface area contributed by atoms with Crippen LogP contribution in [-0.4, -0.2) is 37.2 Å². The van der Waals surface area contributed by atoms with Gasteiger partial charge in [0.05, 0.1) is 0 Å². The van der Waals surface area contributed by atoms with E-state index < -0.39 is 6.10 Å². The number of ether oxygens (including phenoxy) is 3. The van der Waals surface area contributed by atoms with Gasteiger partial charge in [-0.05, 0) is 83.5 Å². The van der Waals surface area contributed by atoms with Crippen molar-refractivity contribution in [2.75, 3.05) is 13.2 Å². The third-order valence-electron chi connectivity index (χ3n) is 12.9. The fourth-order valence-electron chi connectivity index (χ4n) is 8.41. The number of hydrogen-bond acceptors (Lipinski definition) is 6. The van der Waals surface area contributed by atoms with E-state index >= 15 is 0 Å². The van der Waals surface area contributed by atoms with Gasteiger partial charge in [0.25, 0.3) is 0 Å². The molecule has 0 rings (SSSR count). The third kappa shape index (κ3) is 57.4. The number of rotatable bonds is 54. The number of esters is 3. The van der Waals surface area contributed by atoms with Gasteiger partial charge in [0.15, 0.2) is 6.10 Å². The van der Waals surface area contributed by atoms with E-state index in [1.54, 1.807) is 0 Å². The lowest BCUT2D eigenvalue weighted by molar-refractivity contribution is -0.166. The Kier molecular flexibility index (Phi) is 56.3. The van der Waals surface area contributed by atoms with Crippen LogP contribution in [0, 0.1) is 0 Å². The van der Waals surface area contributed by atoms with Crippen LogP contribution in [0.5, 0.6) is 0 Å². The zero-order valence-electron chi connectivity index (χ0n) is 46.7. The maximum Gasteiger partial charge on any atom is 0.306 e. The van der Waals surface area contributed by atoms with Crippen molar-refractivity contribution in [1.29, 1.82) is 0 Å². The zero-order valence-corrected chi connectivity index (χ0v) is 46.7. The van der Waals surface area contributed by atoms with E-state index in [1.807, 2.05) is 6.08 Å². The van der Waals surface area contributed by atoms with Gasteiger partial charge in [-0.25, -0.2) is 0 Å². The minimum Gasteiger partial charge on any atom is -0.462 e. The summed E-state index contributed by atoms with van der Waals surface area (Å²) in [6.07, 6.45) is 77.4. The molecule has 0 aliphatic heterocycles. The van der Waals surface area contributed by atoms with Crippen molar-refractivity contribution >= 4 is 17.9 Å². The van der Waals surface area contributed by atoms with E-state index in [9.17, 15) is 14.4 Å². The molecule has 0 saturated carbocycles. The number of carbonyl (C=O) groups excluding carboxylic acids is 3. The molecule has 0 aromatic rings. The topological polar surface area (TPSA) is 78.9 Å². The summed E-state index contributed by atoms with van der Waals surface area (Å²) in [7, 11) is 0. The Bertz CT molecular complexity index is 1370. The predicted octanol–water partition coefficient (Wildman–Crippen LogP) is 20.3. The molecular formula is C65H112O6. The molecule has 0 N–H and O–H groups in total. The highest BCUT2D eigenvalue weighted by atomic mass is 16.6. The number of unbranched alkanes of at least 4 members (excludes halogenated alkanes) is 29. The Morgan fingerprint density at radius 2 is 0.577 bits per heavy atom. The van der Waals surface area contributed by atoms with Crippen LogP contribution in [0.2, 0.25) is 0 Å². The molecule has 0 aromatic carbocycles. The van der Waals surface area contributed by atoms with Gasteiger partial charge < -0.3 is 14.2 Å². The average molecular weight is 990 g/mol. The van der Waals surface area contributed by atoms with E-state index in [2.05, 4.69) is 99.8 Å². The summed E-state index contributed by atoms with van der Waals surface area (Å²) in [5, 5.41) is 0. The average Bonchev–Trinajstić information content (AvgIpc) is 3.37. The van der Waals surface area contributed by atoms with Gasteiger partial charge in [-0.3, -0.25) is 14.4 Å². The van der Waals surface area contributed by atoms with Crippen LogP contribution in [-0.2, 0) is 28.6 Å². The van der Waals surface area contributed by atoms with Crippen LogP contribution < -0.4 is 0 Å². The van der Waals surface area contributed by atoms with Gasteiger partial charge in [-0.1, -0.05) is 273 Å². The predicted molar refractivity (Wildman–Crippen MR) is 307 cm³/mol. The lowest BCUT2D eigenvalue weighted by atomic mass is 10.0. The van der Waals surface area contributed by atoms with Gasteiger partial charge in [-0.15, -0.1) is 0 Å². The van der Waals surface area contributed by atoms with Crippen molar-refractivity contribution in [1.82, 2.24) is 0 Å². The Labute approximate surface area is 439 Å². The smallest absolute Gasteiger partial charge is 0.306 e. The summed E-state index contributed by atoms with van der Waals surface area (Å²) in [6.45, 7) is 6.48. The highest BCUT2D eigenvalue weighted by Crippen LogP contribution is 2.16. The molecule has 0 aliphatic carbocycles. The maximum atomic E-state index is 12.8. The molecule has 1 unspecified atom stereocenters. The molecule has 0 bridgehead atoms. The van der Waals surface area contributed by atoms with Crippen LogP contribution >= 0.6 is 0 Å². The Morgan fingerprint density at radius 3 is 0.915 bits per heavy atom. The van der Waals surface area contributed by atoms with E-state index in [0.717, 1.165) is 77.0 Å². The van der Waals surface area contributed by atoms with E-state index in [-0.39, 0.29) is 37.5 Å². The molecule has 6 nitrogen and oxygen atoms in total.